The second-order valence-electron chi connectivity index (χ2n) is 5.56. The molecule has 0 heterocycles. The summed E-state index contributed by atoms with van der Waals surface area (Å²) >= 11 is 0. The van der Waals surface area contributed by atoms with Crippen LogP contribution in [0.25, 0.3) is 0 Å². The van der Waals surface area contributed by atoms with Gasteiger partial charge in [0.15, 0.2) is 11.5 Å². The van der Waals surface area contributed by atoms with Crippen molar-refractivity contribution < 1.29 is 19.1 Å². The number of rotatable bonds is 7. The molecule has 25 heavy (non-hydrogen) atoms. The van der Waals surface area contributed by atoms with Gasteiger partial charge < -0.3 is 20.1 Å². The quantitative estimate of drug-likeness (QED) is 0.759. The number of hydrogen-bond donors (Lipinski definition) is 2. The van der Waals surface area contributed by atoms with E-state index < -0.39 is 0 Å². The number of nitrogens with one attached hydrogen (secondary N) is 2. The van der Waals surface area contributed by atoms with E-state index in [1.165, 1.54) is 0 Å². The zero-order valence-corrected chi connectivity index (χ0v) is 14.6. The van der Waals surface area contributed by atoms with Crippen molar-refractivity contribution in [3.05, 3.63) is 53.6 Å². The van der Waals surface area contributed by atoms with Crippen LogP contribution in [0.4, 0.5) is 5.69 Å². The average molecular weight is 342 g/mol. The lowest BCUT2D eigenvalue weighted by atomic mass is 10.2. The second-order valence-corrected chi connectivity index (χ2v) is 5.56. The Labute approximate surface area is 147 Å². The highest BCUT2D eigenvalue weighted by Crippen LogP contribution is 2.27. The highest BCUT2D eigenvalue weighted by atomic mass is 16.5. The lowest BCUT2D eigenvalue weighted by molar-refractivity contribution is -0.126. The molecule has 0 bridgehead atoms. The van der Waals surface area contributed by atoms with E-state index in [2.05, 4.69) is 10.6 Å². The first-order valence-corrected chi connectivity index (χ1v) is 7.86. The Morgan fingerprint density at radius 1 is 0.920 bits per heavy atom. The van der Waals surface area contributed by atoms with Crippen molar-refractivity contribution in [2.45, 2.75) is 19.9 Å². The molecule has 0 unspecified atom stereocenters. The van der Waals surface area contributed by atoms with Gasteiger partial charge in [0.1, 0.15) is 6.42 Å². The van der Waals surface area contributed by atoms with Crippen LogP contribution in [-0.4, -0.2) is 26.0 Å². The third-order valence-electron chi connectivity index (χ3n) is 3.59. The first-order chi connectivity index (χ1) is 12.0. The number of carbonyl (C=O) groups is 2. The Morgan fingerprint density at radius 2 is 1.60 bits per heavy atom. The molecular formula is C19H22N2O4. The van der Waals surface area contributed by atoms with E-state index in [0.717, 1.165) is 11.1 Å². The number of benzene rings is 2. The average Bonchev–Trinajstić information content (AvgIpc) is 2.61. The highest BCUT2D eigenvalue weighted by molar-refractivity contribution is 6.03. The Kier molecular flexibility index (Phi) is 6.39. The molecular weight excluding hydrogens is 320 g/mol. The molecule has 132 valence electrons. The molecule has 0 saturated carbocycles. The van der Waals surface area contributed by atoms with Gasteiger partial charge in [-0.3, -0.25) is 9.59 Å². The highest BCUT2D eigenvalue weighted by Gasteiger charge is 2.10. The summed E-state index contributed by atoms with van der Waals surface area (Å²) in [4.78, 5) is 23.8. The van der Waals surface area contributed by atoms with Crippen molar-refractivity contribution in [3.8, 4) is 11.5 Å². The minimum atomic E-state index is -0.353. The molecule has 6 nitrogen and oxygen atoms in total. The molecule has 0 aromatic heterocycles. The van der Waals surface area contributed by atoms with Crippen LogP contribution >= 0.6 is 0 Å². The fraction of sp³-hybridized carbons (Fsp3) is 0.263. The van der Waals surface area contributed by atoms with E-state index in [0.29, 0.717) is 23.7 Å². The molecule has 0 saturated heterocycles. The topological polar surface area (TPSA) is 76.7 Å². The molecule has 0 atom stereocenters. The van der Waals surface area contributed by atoms with Gasteiger partial charge >= 0.3 is 0 Å². The first-order valence-electron chi connectivity index (χ1n) is 7.86. The van der Waals surface area contributed by atoms with E-state index in [-0.39, 0.29) is 18.2 Å². The summed E-state index contributed by atoms with van der Waals surface area (Å²) in [6, 6.07) is 12.8. The minimum absolute atomic E-state index is 0.235. The van der Waals surface area contributed by atoms with Crippen LogP contribution in [-0.2, 0) is 16.1 Å². The van der Waals surface area contributed by atoms with E-state index in [9.17, 15) is 9.59 Å². The summed E-state index contributed by atoms with van der Waals surface area (Å²) in [5.74, 6) is 0.509. The van der Waals surface area contributed by atoms with Gasteiger partial charge in [-0.1, -0.05) is 23.8 Å². The zero-order chi connectivity index (χ0) is 18.2. The van der Waals surface area contributed by atoms with Crippen molar-refractivity contribution in [3.63, 3.8) is 0 Å². The van der Waals surface area contributed by atoms with Crippen molar-refractivity contribution >= 4 is 17.5 Å². The minimum Gasteiger partial charge on any atom is -0.493 e. The SMILES string of the molecule is COc1ccc(CNC(=O)CC(=O)Nc2ccc(C)cc2)cc1OC. The maximum absolute atomic E-state index is 11.9. The number of ether oxygens (including phenoxy) is 2. The molecule has 6 heteroatoms. The maximum Gasteiger partial charge on any atom is 0.233 e. The molecule has 0 radical (unpaired) electrons. The number of amides is 2. The van der Waals surface area contributed by atoms with Crippen LogP contribution in [0.1, 0.15) is 17.5 Å². The van der Waals surface area contributed by atoms with Crippen LogP contribution in [0, 0.1) is 6.92 Å². The Morgan fingerprint density at radius 3 is 2.24 bits per heavy atom. The van der Waals surface area contributed by atoms with E-state index >= 15 is 0 Å². The van der Waals surface area contributed by atoms with Crippen LogP contribution < -0.4 is 20.1 Å². The smallest absolute Gasteiger partial charge is 0.233 e. The molecule has 2 amide bonds. The van der Waals surface area contributed by atoms with Crippen LogP contribution in [0.3, 0.4) is 0 Å². The molecule has 0 spiro atoms. The van der Waals surface area contributed by atoms with Crippen molar-refractivity contribution in [2.75, 3.05) is 19.5 Å². The van der Waals surface area contributed by atoms with Crippen molar-refractivity contribution in [1.29, 1.82) is 0 Å². The van der Waals surface area contributed by atoms with E-state index in [1.54, 1.807) is 38.5 Å². The molecule has 2 rings (SSSR count). The molecule has 0 aliphatic carbocycles. The Balaban J connectivity index is 1.83. The third kappa shape index (κ3) is 5.53. The lowest BCUT2D eigenvalue weighted by Crippen LogP contribution is -2.27. The standard InChI is InChI=1S/C19H22N2O4/c1-13-4-7-15(8-5-13)21-19(23)11-18(22)20-12-14-6-9-16(24-2)17(10-14)25-3/h4-10H,11-12H2,1-3H3,(H,20,22)(H,21,23). The maximum atomic E-state index is 11.9. The summed E-state index contributed by atoms with van der Waals surface area (Å²) in [6.07, 6.45) is -0.235. The van der Waals surface area contributed by atoms with Gasteiger partial charge in [0.2, 0.25) is 11.8 Å². The monoisotopic (exact) mass is 342 g/mol. The van der Waals surface area contributed by atoms with Crippen LogP contribution in [0.2, 0.25) is 0 Å². The zero-order valence-electron chi connectivity index (χ0n) is 14.6. The van der Waals surface area contributed by atoms with Gasteiger partial charge in [-0.25, -0.2) is 0 Å². The first kappa shape index (κ1) is 18.3. The van der Waals surface area contributed by atoms with Crippen LogP contribution in [0.15, 0.2) is 42.5 Å². The summed E-state index contributed by atoms with van der Waals surface area (Å²) in [6.45, 7) is 2.27. The van der Waals surface area contributed by atoms with E-state index in [1.807, 2.05) is 25.1 Å². The molecule has 0 aliphatic rings. The van der Waals surface area contributed by atoms with Gasteiger partial charge in [0.05, 0.1) is 14.2 Å². The fourth-order valence-corrected chi connectivity index (χ4v) is 2.24. The largest absolute Gasteiger partial charge is 0.493 e. The summed E-state index contributed by atoms with van der Waals surface area (Å²) in [7, 11) is 3.11. The molecule has 2 aromatic rings. The van der Waals surface area contributed by atoms with Gasteiger partial charge in [-0.15, -0.1) is 0 Å². The fourth-order valence-electron chi connectivity index (χ4n) is 2.24. The predicted octanol–water partition coefficient (Wildman–Crippen LogP) is 2.66. The van der Waals surface area contributed by atoms with Gasteiger partial charge in [-0.05, 0) is 36.8 Å². The van der Waals surface area contributed by atoms with Gasteiger partial charge in [0, 0.05) is 12.2 Å². The third-order valence-corrected chi connectivity index (χ3v) is 3.59. The normalized spacial score (nSPS) is 10.0. The Hall–Kier alpha value is -3.02. The van der Waals surface area contributed by atoms with Crippen molar-refractivity contribution in [1.82, 2.24) is 5.32 Å². The number of carbonyl (C=O) groups excluding carboxylic acids is 2. The molecule has 2 aromatic carbocycles. The lowest BCUT2D eigenvalue weighted by Gasteiger charge is -2.10. The Bertz CT molecular complexity index is 742. The predicted molar refractivity (Wildman–Crippen MR) is 95.8 cm³/mol. The second kappa shape index (κ2) is 8.73. The molecule has 0 aliphatic heterocycles. The number of aryl methyl sites for hydroxylation is 1. The van der Waals surface area contributed by atoms with E-state index in [4.69, 9.17) is 9.47 Å². The number of hydrogen-bond acceptors (Lipinski definition) is 4. The van der Waals surface area contributed by atoms with Gasteiger partial charge in [-0.2, -0.15) is 0 Å². The van der Waals surface area contributed by atoms with Gasteiger partial charge in [0.25, 0.3) is 0 Å². The molecule has 2 N–H and O–H groups in total. The van der Waals surface area contributed by atoms with Crippen LogP contribution in [0.5, 0.6) is 11.5 Å². The van der Waals surface area contributed by atoms with Crippen molar-refractivity contribution in [2.24, 2.45) is 0 Å². The number of methoxy groups -OCH3 is 2. The number of anilines is 1. The molecule has 0 fully saturated rings. The summed E-state index contributed by atoms with van der Waals surface area (Å²) in [5.41, 5.74) is 2.62. The summed E-state index contributed by atoms with van der Waals surface area (Å²) in [5, 5.41) is 5.41. The summed E-state index contributed by atoms with van der Waals surface area (Å²) < 4.78 is 10.4.